The number of hydrogen-bond donors (Lipinski definition) is 1. The van der Waals surface area contributed by atoms with Gasteiger partial charge in [-0.25, -0.2) is 4.79 Å². The van der Waals surface area contributed by atoms with E-state index < -0.39 is 0 Å². The molecule has 1 atom stereocenters. The van der Waals surface area contributed by atoms with Crippen LogP contribution >= 0.6 is 15.9 Å². The predicted octanol–water partition coefficient (Wildman–Crippen LogP) is 2.64. The molecule has 0 radical (unpaired) electrons. The van der Waals surface area contributed by atoms with Crippen molar-refractivity contribution >= 4 is 43.6 Å². The van der Waals surface area contributed by atoms with E-state index in [-0.39, 0.29) is 11.7 Å². The Morgan fingerprint density at radius 1 is 1.45 bits per heavy atom. The average Bonchev–Trinajstić information content (AvgIpc) is 2.59. The SMILES string of the molecule is C[C@H]1CNc2c(Br)ccc3ncc4c(c23)n1c(=O)n4C. The lowest BCUT2D eigenvalue weighted by Gasteiger charge is -2.12. The van der Waals surface area contributed by atoms with Gasteiger partial charge in [0.15, 0.2) is 0 Å². The zero-order valence-corrected chi connectivity index (χ0v) is 12.7. The second-order valence-electron chi connectivity index (χ2n) is 5.25. The summed E-state index contributed by atoms with van der Waals surface area (Å²) in [7, 11) is 1.80. The van der Waals surface area contributed by atoms with Gasteiger partial charge in [0.05, 0.1) is 39.9 Å². The Morgan fingerprint density at radius 3 is 3.05 bits per heavy atom. The van der Waals surface area contributed by atoms with Crippen molar-refractivity contribution in [2.45, 2.75) is 13.0 Å². The van der Waals surface area contributed by atoms with Gasteiger partial charge in [-0.2, -0.15) is 0 Å². The van der Waals surface area contributed by atoms with E-state index >= 15 is 0 Å². The van der Waals surface area contributed by atoms with Gasteiger partial charge in [0.25, 0.3) is 0 Å². The monoisotopic (exact) mass is 332 g/mol. The molecule has 3 heterocycles. The first-order valence-corrected chi connectivity index (χ1v) is 7.31. The molecule has 4 rings (SSSR count). The smallest absolute Gasteiger partial charge is 0.329 e. The Balaban J connectivity index is 2.39. The number of hydrogen-bond acceptors (Lipinski definition) is 3. The molecule has 2 aromatic heterocycles. The third-order valence-electron chi connectivity index (χ3n) is 4.05. The van der Waals surface area contributed by atoms with Crippen LogP contribution in [0.3, 0.4) is 0 Å². The summed E-state index contributed by atoms with van der Waals surface area (Å²) in [5.41, 5.74) is 3.77. The summed E-state index contributed by atoms with van der Waals surface area (Å²) in [5.74, 6) is 0. The molecule has 0 unspecified atom stereocenters. The van der Waals surface area contributed by atoms with Gasteiger partial charge < -0.3 is 5.32 Å². The third kappa shape index (κ3) is 1.32. The molecule has 3 aromatic rings. The van der Waals surface area contributed by atoms with Crippen molar-refractivity contribution in [1.82, 2.24) is 14.1 Å². The van der Waals surface area contributed by atoms with Gasteiger partial charge in [-0.05, 0) is 35.0 Å². The summed E-state index contributed by atoms with van der Waals surface area (Å²) < 4.78 is 4.54. The number of rotatable bonds is 0. The van der Waals surface area contributed by atoms with Crippen LogP contribution in [0.2, 0.25) is 0 Å². The van der Waals surface area contributed by atoms with Gasteiger partial charge in [-0.3, -0.25) is 14.1 Å². The van der Waals surface area contributed by atoms with Gasteiger partial charge in [-0.15, -0.1) is 0 Å². The van der Waals surface area contributed by atoms with Crippen molar-refractivity contribution in [3.8, 4) is 0 Å². The second kappa shape index (κ2) is 3.85. The molecular formula is C14H13BrN4O. The molecule has 6 heteroatoms. The highest BCUT2D eigenvalue weighted by molar-refractivity contribution is 9.10. The topological polar surface area (TPSA) is 51.9 Å². The average molecular weight is 333 g/mol. The Bertz CT molecular complexity index is 924. The van der Waals surface area contributed by atoms with E-state index in [4.69, 9.17) is 0 Å². The minimum Gasteiger partial charge on any atom is -0.381 e. The van der Waals surface area contributed by atoms with Gasteiger partial charge in [0.1, 0.15) is 0 Å². The largest absolute Gasteiger partial charge is 0.381 e. The van der Waals surface area contributed by atoms with E-state index in [1.807, 2.05) is 16.7 Å². The zero-order valence-electron chi connectivity index (χ0n) is 11.1. The van der Waals surface area contributed by atoms with Crippen LogP contribution in [-0.2, 0) is 7.05 Å². The first-order chi connectivity index (χ1) is 9.59. The number of aromatic nitrogens is 3. The molecule has 5 nitrogen and oxygen atoms in total. The molecule has 0 bridgehead atoms. The molecule has 0 amide bonds. The van der Waals surface area contributed by atoms with Crippen molar-refractivity contribution in [2.24, 2.45) is 7.05 Å². The maximum atomic E-state index is 12.5. The van der Waals surface area contributed by atoms with E-state index in [1.54, 1.807) is 17.8 Å². The quantitative estimate of drug-likeness (QED) is 0.688. The summed E-state index contributed by atoms with van der Waals surface area (Å²) in [5, 5.41) is 4.45. The fourth-order valence-corrected chi connectivity index (χ4v) is 3.48. The molecule has 0 saturated carbocycles. The Hall–Kier alpha value is -1.82. The maximum Gasteiger partial charge on any atom is 0.329 e. The summed E-state index contributed by atoms with van der Waals surface area (Å²) in [6.45, 7) is 2.77. The molecule has 1 aliphatic heterocycles. The number of pyridine rings is 1. The summed E-state index contributed by atoms with van der Waals surface area (Å²) in [6, 6.07) is 4.06. The van der Waals surface area contributed by atoms with Crippen molar-refractivity contribution in [3.05, 3.63) is 33.3 Å². The Labute approximate surface area is 123 Å². The van der Waals surface area contributed by atoms with E-state index in [9.17, 15) is 4.79 Å². The van der Waals surface area contributed by atoms with Crippen LogP contribution in [0.25, 0.3) is 21.9 Å². The van der Waals surface area contributed by atoms with E-state index in [1.165, 1.54) is 0 Å². The number of nitrogens with zero attached hydrogens (tertiary/aromatic N) is 3. The number of halogens is 1. The molecule has 102 valence electrons. The van der Waals surface area contributed by atoms with Crippen LogP contribution in [0, 0.1) is 0 Å². The van der Waals surface area contributed by atoms with Gasteiger partial charge in [0.2, 0.25) is 0 Å². The highest BCUT2D eigenvalue weighted by atomic mass is 79.9. The molecule has 1 aliphatic rings. The first-order valence-electron chi connectivity index (χ1n) is 6.51. The summed E-state index contributed by atoms with van der Waals surface area (Å²) >= 11 is 3.59. The lowest BCUT2D eigenvalue weighted by Crippen LogP contribution is -2.27. The lowest BCUT2D eigenvalue weighted by atomic mass is 10.1. The number of aryl methyl sites for hydroxylation is 1. The molecule has 0 aliphatic carbocycles. The van der Waals surface area contributed by atoms with E-state index in [2.05, 4.69) is 33.2 Å². The number of nitrogens with one attached hydrogen (secondary N) is 1. The molecule has 20 heavy (non-hydrogen) atoms. The van der Waals surface area contributed by atoms with Crippen LogP contribution in [0.15, 0.2) is 27.6 Å². The highest BCUT2D eigenvalue weighted by Crippen LogP contribution is 2.37. The fourth-order valence-electron chi connectivity index (χ4n) is 3.01. The van der Waals surface area contributed by atoms with Crippen LogP contribution in [0.1, 0.15) is 13.0 Å². The third-order valence-corrected chi connectivity index (χ3v) is 4.71. The van der Waals surface area contributed by atoms with Gasteiger partial charge in [-0.1, -0.05) is 0 Å². The highest BCUT2D eigenvalue weighted by Gasteiger charge is 2.24. The van der Waals surface area contributed by atoms with Crippen molar-refractivity contribution < 1.29 is 0 Å². The molecule has 1 N–H and O–H groups in total. The standard InChI is InChI=1S/C14H13BrN4O/c1-7-5-17-12-8(15)3-4-9-11(12)13-10(6-16-9)18(2)14(20)19(7)13/h3-4,6-7,17H,5H2,1-2H3/t7-/m0/s1. The molecule has 0 fully saturated rings. The minimum absolute atomic E-state index is 0.0106. The van der Waals surface area contributed by atoms with Crippen LogP contribution in [-0.4, -0.2) is 20.7 Å². The first kappa shape index (κ1) is 12.0. The predicted molar refractivity (Wildman–Crippen MR) is 83.4 cm³/mol. The van der Waals surface area contributed by atoms with Crippen LogP contribution in [0.5, 0.6) is 0 Å². The van der Waals surface area contributed by atoms with Crippen molar-refractivity contribution in [2.75, 3.05) is 11.9 Å². The maximum absolute atomic E-state index is 12.5. The molecule has 0 spiro atoms. The molecule has 1 aromatic carbocycles. The molecule has 0 saturated heterocycles. The van der Waals surface area contributed by atoms with Gasteiger partial charge in [0, 0.05) is 18.1 Å². The van der Waals surface area contributed by atoms with Gasteiger partial charge >= 0.3 is 5.69 Å². The summed E-state index contributed by atoms with van der Waals surface area (Å²) in [4.78, 5) is 17.0. The zero-order chi connectivity index (χ0) is 14.0. The normalized spacial score (nSPS) is 17.6. The minimum atomic E-state index is 0.0106. The van der Waals surface area contributed by atoms with Crippen LogP contribution < -0.4 is 11.0 Å². The fraction of sp³-hybridized carbons (Fsp3) is 0.286. The van der Waals surface area contributed by atoms with E-state index in [0.717, 1.165) is 32.1 Å². The lowest BCUT2D eigenvalue weighted by molar-refractivity contribution is 0.563. The van der Waals surface area contributed by atoms with Crippen molar-refractivity contribution in [3.63, 3.8) is 0 Å². The Kier molecular flexibility index (Phi) is 2.30. The number of benzene rings is 1. The van der Waals surface area contributed by atoms with E-state index in [0.29, 0.717) is 6.54 Å². The molecular weight excluding hydrogens is 320 g/mol. The Morgan fingerprint density at radius 2 is 2.25 bits per heavy atom. The number of imidazole rings is 1. The van der Waals surface area contributed by atoms with Crippen molar-refractivity contribution in [1.29, 1.82) is 0 Å². The summed E-state index contributed by atoms with van der Waals surface area (Å²) in [6.07, 6.45) is 1.78. The number of anilines is 1. The van der Waals surface area contributed by atoms with Crippen LogP contribution in [0.4, 0.5) is 5.69 Å². The second-order valence-corrected chi connectivity index (χ2v) is 6.10.